The first-order valence-corrected chi connectivity index (χ1v) is 8.12. The van der Waals surface area contributed by atoms with Gasteiger partial charge in [0, 0.05) is 12.1 Å². The van der Waals surface area contributed by atoms with Crippen molar-refractivity contribution in [2.75, 3.05) is 0 Å². The van der Waals surface area contributed by atoms with Crippen LogP contribution in [-0.4, -0.2) is 39.9 Å². The summed E-state index contributed by atoms with van der Waals surface area (Å²) in [7, 11) is 0. The SMILES string of the molecule is CC(=O)C(C(=O)O)N(C1CCCCC1)C1CCCCC1. The third-order valence-electron chi connectivity index (χ3n) is 4.91. The van der Waals surface area contributed by atoms with Crippen molar-refractivity contribution in [2.24, 2.45) is 0 Å². The summed E-state index contributed by atoms with van der Waals surface area (Å²) >= 11 is 0. The van der Waals surface area contributed by atoms with Gasteiger partial charge in [0.1, 0.15) is 0 Å². The van der Waals surface area contributed by atoms with Gasteiger partial charge in [0.15, 0.2) is 11.8 Å². The lowest BCUT2D eigenvalue weighted by Gasteiger charge is -2.43. The number of carboxylic acids is 1. The molecule has 0 radical (unpaired) electrons. The fourth-order valence-corrected chi connectivity index (χ4v) is 3.99. The molecule has 0 saturated heterocycles. The van der Waals surface area contributed by atoms with Crippen molar-refractivity contribution < 1.29 is 14.7 Å². The number of carbonyl (C=O) groups is 2. The van der Waals surface area contributed by atoms with Gasteiger partial charge in [0.05, 0.1) is 0 Å². The van der Waals surface area contributed by atoms with Gasteiger partial charge in [0.2, 0.25) is 0 Å². The molecular formula is C16H27NO3. The summed E-state index contributed by atoms with van der Waals surface area (Å²) in [5, 5.41) is 9.51. The van der Waals surface area contributed by atoms with Gasteiger partial charge in [-0.2, -0.15) is 0 Å². The van der Waals surface area contributed by atoms with E-state index in [0.717, 1.165) is 51.4 Å². The highest BCUT2D eigenvalue weighted by atomic mass is 16.4. The normalized spacial score (nSPS) is 23.7. The maximum absolute atomic E-state index is 11.9. The van der Waals surface area contributed by atoms with Crippen LogP contribution in [0, 0.1) is 0 Å². The Balaban J connectivity index is 2.20. The molecule has 2 aliphatic rings. The highest BCUT2D eigenvalue weighted by Crippen LogP contribution is 2.32. The van der Waals surface area contributed by atoms with E-state index in [0.29, 0.717) is 0 Å². The van der Waals surface area contributed by atoms with E-state index in [2.05, 4.69) is 4.90 Å². The summed E-state index contributed by atoms with van der Waals surface area (Å²) < 4.78 is 0. The molecule has 0 heterocycles. The zero-order chi connectivity index (χ0) is 14.5. The highest BCUT2D eigenvalue weighted by Gasteiger charge is 2.39. The zero-order valence-electron chi connectivity index (χ0n) is 12.5. The van der Waals surface area contributed by atoms with Crippen molar-refractivity contribution in [3.05, 3.63) is 0 Å². The number of Topliss-reactive ketones (excluding diaryl/α,β-unsaturated/α-hetero) is 1. The highest BCUT2D eigenvalue weighted by molar-refractivity contribution is 6.01. The van der Waals surface area contributed by atoms with Gasteiger partial charge in [-0.1, -0.05) is 38.5 Å². The van der Waals surface area contributed by atoms with Crippen LogP contribution in [0.2, 0.25) is 0 Å². The van der Waals surface area contributed by atoms with Crippen LogP contribution < -0.4 is 0 Å². The van der Waals surface area contributed by atoms with Crippen molar-refractivity contribution in [2.45, 2.75) is 89.3 Å². The van der Waals surface area contributed by atoms with E-state index in [1.165, 1.54) is 19.8 Å². The van der Waals surface area contributed by atoms with Gasteiger partial charge in [-0.3, -0.25) is 14.5 Å². The van der Waals surface area contributed by atoms with E-state index in [1.54, 1.807) is 0 Å². The Morgan fingerprint density at radius 3 is 1.60 bits per heavy atom. The third kappa shape index (κ3) is 3.60. The Kier molecular flexibility index (Phi) is 5.58. The first-order valence-electron chi connectivity index (χ1n) is 8.12. The third-order valence-corrected chi connectivity index (χ3v) is 4.91. The predicted molar refractivity (Wildman–Crippen MR) is 77.7 cm³/mol. The summed E-state index contributed by atoms with van der Waals surface area (Å²) in [4.78, 5) is 25.6. The lowest BCUT2D eigenvalue weighted by molar-refractivity contribution is -0.151. The van der Waals surface area contributed by atoms with Crippen molar-refractivity contribution in [1.82, 2.24) is 4.90 Å². The molecule has 0 amide bonds. The van der Waals surface area contributed by atoms with Crippen LogP contribution >= 0.6 is 0 Å². The molecule has 2 rings (SSSR count). The molecule has 1 N–H and O–H groups in total. The fraction of sp³-hybridized carbons (Fsp3) is 0.875. The van der Waals surface area contributed by atoms with E-state index < -0.39 is 12.0 Å². The second kappa shape index (κ2) is 7.21. The van der Waals surface area contributed by atoms with Crippen LogP contribution in [0.5, 0.6) is 0 Å². The van der Waals surface area contributed by atoms with Crippen molar-refractivity contribution >= 4 is 11.8 Å². The molecule has 0 aromatic rings. The average molecular weight is 281 g/mol. The smallest absolute Gasteiger partial charge is 0.328 e. The second-order valence-corrected chi connectivity index (χ2v) is 6.38. The topological polar surface area (TPSA) is 57.6 Å². The monoisotopic (exact) mass is 281 g/mol. The number of hydrogen-bond acceptors (Lipinski definition) is 3. The molecule has 0 aromatic carbocycles. The quantitative estimate of drug-likeness (QED) is 0.787. The predicted octanol–water partition coefficient (Wildman–Crippen LogP) is 3.00. The standard InChI is InChI=1S/C16H27NO3/c1-12(18)15(16(19)20)17(13-8-4-2-5-9-13)14-10-6-3-7-11-14/h13-15H,2-11H2,1H3,(H,19,20). The van der Waals surface area contributed by atoms with Crippen molar-refractivity contribution in [3.63, 3.8) is 0 Å². The summed E-state index contributed by atoms with van der Waals surface area (Å²) in [5.41, 5.74) is 0. The van der Waals surface area contributed by atoms with E-state index in [9.17, 15) is 14.7 Å². The van der Waals surface area contributed by atoms with E-state index in [-0.39, 0.29) is 17.9 Å². The number of aliphatic carboxylic acids is 1. The van der Waals surface area contributed by atoms with E-state index >= 15 is 0 Å². The van der Waals surface area contributed by atoms with E-state index in [4.69, 9.17) is 0 Å². The molecule has 0 aliphatic heterocycles. The van der Waals surface area contributed by atoms with Crippen LogP contribution in [0.3, 0.4) is 0 Å². The molecule has 2 saturated carbocycles. The van der Waals surface area contributed by atoms with Crippen molar-refractivity contribution in [1.29, 1.82) is 0 Å². The fourth-order valence-electron chi connectivity index (χ4n) is 3.99. The van der Waals surface area contributed by atoms with Crippen molar-refractivity contribution in [3.8, 4) is 0 Å². The van der Waals surface area contributed by atoms with Crippen LogP contribution in [-0.2, 0) is 9.59 Å². The van der Waals surface area contributed by atoms with Gasteiger partial charge >= 0.3 is 5.97 Å². The molecule has 4 heteroatoms. The Labute approximate surface area is 121 Å². The maximum atomic E-state index is 11.9. The van der Waals surface area contributed by atoms with Gasteiger partial charge in [-0.05, 0) is 32.6 Å². The first kappa shape index (κ1) is 15.5. The molecule has 0 bridgehead atoms. The van der Waals surface area contributed by atoms with Gasteiger partial charge in [-0.25, -0.2) is 0 Å². The number of hydrogen-bond donors (Lipinski definition) is 1. The Bertz CT molecular complexity index is 312. The molecule has 2 fully saturated rings. The number of nitrogens with zero attached hydrogens (tertiary/aromatic N) is 1. The van der Waals surface area contributed by atoms with Crippen LogP contribution in [0.15, 0.2) is 0 Å². The minimum Gasteiger partial charge on any atom is -0.480 e. The molecule has 0 spiro atoms. The largest absolute Gasteiger partial charge is 0.480 e. The minimum atomic E-state index is -0.964. The molecule has 4 nitrogen and oxygen atoms in total. The summed E-state index contributed by atoms with van der Waals surface area (Å²) in [6.07, 6.45) is 11.3. The maximum Gasteiger partial charge on any atom is 0.328 e. The Morgan fingerprint density at radius 1 is 0.900 bits per heavy atom. The summed E-state index contributed by atoms with van der Waals surface area (Å²) in [6, 6.07) is -0.352. The number of carboxylic acid groups (broad SMARTS) is 1. The van der Waals surface area contributed by atoms with Crippen LogP contribution in [0.1, 0.15) is 71.1 Å². The van der Waals surface area contributed by atoms with Crippen LogP contribution in [0.25, 0.3) is 0 Å². The molecule has 0 aromatic heterocycles. The lowest BCUT2D eigenvalue weighted by Crippen LogP contribution is -2.56. The van der Waals surface area contributed by atoms with E-state index in [1.807, 2.05) is 0 Å². The molecule has 1 atom stereocenters. The molecule has 1 unspecified atom stereocenters. The Hall–Kier alpha value is -0.900. The number of carbonyl (C=O) groups excluding carboxylic acids is 1. The number of ketones is 1. The molecule has 114 valence electrons. The average Bonchev–Trinajstić information content (AvgIpc) is 2.45. The minimum absolute atomic E-state index is 0.214. The second-order valence-electron chi connectivity index (χ2n) is 6.38. The lowest BCUT2D eigenvalue weighted by atomic mass is 9.87. The molecule has 20 heavy (non-hydrogen) atoms. The summed E-state index contributed by atoms with van der Waals surface area (Å²) in [5.74, 6) is -1.18. The Morgan fingerprint density at radius 2 is 1.30 bits per heavy atom. The van der Waals surface area contributed by atoms with Gasteiger partial charge in [0.25, 0.3) is 0 Å². The zero-order valence-corrected chi connectivity index (χ0v) is 12.5. The van der Waals surface area contributed by atoms with Crippen LogP contribution in [0.4, 0.5) is 0 Å². The molecule has 2 aliphatic carbocycles. The van der Waals surface area contributed by atoms with Gasteiger partial charge in [-0.15, -0.1) is 0 Å². The summed E-state index contributed by atoms with van der Waals surface area (Å²) in [6.45, 7) is 1.43. The van der Waals surface area contributed by atoms with Gasteiger partial charge < -0.3 is 5.11 Å². The molecular weight excluding hydrogens is 254 g/mol. The first-order chi connectivity index (χ1) is 9.61. The number of rotatable bonds is 5.